The van der Waals surface area contributed by atoms with Crippen molar-refractivity contribution < 1.29 is 4.39 Å². The van der Waals surface area contributed by atoms with E-state index in [1.807, 2.05) is 13.0 Å². The van der Waals surface area contributed by atoms with Gasteiger partial charge in [0.2, 0.25) is 0 Å². The number of hydrogen-bond acceptors (Lipinski definition) is 1. The molecule has 12 heavy (non-hydrogen) atoms. The summed E-state index contributed by atoms with van der Waals surface area (Å²) in [6.45, 7) is 1.98. The molecule has 66 valence electrons. The van der Waals surface area contributed by atoms with E-state index in [0.29, 0.717) is 4.47 Å². The standard InChI is InChI=1S/C9H11BrFN/c1-2-9(12)6-3-4-7(10)8(11)5-6/h3-5,9H,2,12H2,1H3/t9-/m1/s1. The van der Waals surface area contributed by atoms with Gasteiger partial charge >= 0.3 is 0 Å². The molecule has 1 rings (SSSR count). The Balaban J connectivity index is 2.96. The Bertz CT molecular complexity index is 275. The van der Waals surface area contributed by atoms with Crippen molar-refractivity contribution in [2.24, 2.45) is 5.73 Å². The van der Waals surface area contributed by atoms with E-state index < -0.39 is 0 Å². The van der Waals surface area contributed by atoms with Crippen LogP contribution in [0.15, 0.2) is 22.7 Å². The van der Waals surface area contributed by atoms with Crippen LogP contribution in [0.3, 0.4) is 0 Å². The number of halogens is 2. The quantitative estimate of drug-likeness (QED) is 0.833. The number of hydrogen-bond donors (Lipinski definition) is 1. The Labute approximate surface area is 79.9 Å². The maximum Gasteiger partial charge on any atom is 0.137 e. The van der Waals surface area contributed by atoms with Crippen molar-refractivity contribution in [2.45, 2.75) is 19.4 Å². The molecule has 0 fully saturated rings. The average Bonchev–Trinajstić information content (AvgIpc) is 2.08. The normalized spacial score (nSPS) is 13.0. The summed E-state index contributed by atoms with van der Waals surface area (Å²) in [5.74, 6) is -0.253. The first-order chi connectivity index (χ1) is 5.65. The summed E-state index contributed by atoms with van der Waals surface area (Å²) in [6, 6.07) is 4.92. The molecular formula is C9H11BrFN. The second kappa shape index (κ2) is 4.01. The van der Waals surface area contributed by atoms with Crippen LogP contribution in [0.1, 0.15) is 24.9 Å². The Morgan fingerprint density at radius 1 is 1.58 bits per heavy atom. The van der Waals surface area contributed by atoms with Gasteiger partial charge in [-0.1, -0.05) is 13.0 Å². The Kier molecular flexibility index (Phi) is 3.23. The highest BCUT2D eigenvalue weighted by Crippen LogP contribution is 2.20. The smallest absolute Gasteiger partial charge is 0.137 e. The molecule has 0 aliphatic rings. The molecule has 1 aromatic carbocycles. The van der Waals surface area contributed by atoms with Gasteiger partial charge in [0.05, 0.1) is 4.47 Å². The molecule has 1 atom stereocenters. The predicted octanol–water partition coefficient (Wildman–Crippen LogP) is 3.00. The summed E-state index contributed by atoms with van der Waals surface area (Å²) in [4.78, 5) is 0. The maximum atomic E-state index is 13.0. The van der Waals surface area contributed by atoms with Crippen LogP contribution in [0.2, 0.25) is 0 Å². The van der Waals surface area contributed by atoms with Gasteiger partial charge in [-0.15, -0.1) is 0 Å². The highest BCUT2D eigenvalue weighted by atomic mass is 79.9. The van der Waals surface area contributed by atoms with Crippen LogP contribution in [0.4, 0.5) is 4.39 Å². The van der Waals surface area contributed by atoms with Crippen molar-refractivity contribution in [1.29, 1.82) is 0 Å². The number of rotatable bonds is 2. The third-order valence-electron chi connectivity index (χ3n) is 1.81. The van der Waals surface area contributed by atoms with Gasteiger partial charge in [-0.3, -0.25) is 0 Å². The highest BCUT2D eigenvalue weighted by Gasteiger charge is 2.05. The van der Waals surface area contributed by atoms with Crippen LogP contribution >= 0.6 is 15.9 Å². The summed E-state index contributed by atoms with van der Waals surface area (Å²) in [5, 5.41) is 0. The zero-order valence-electron chi connectivity index (χ0n) is 6.85. The largest absolute Gasteiger partial charge is 0.324 e. The van der Waals surface area contributed by atoms with Crippen LogP contribution in [0.25, 0.3) is 0 Å². The zero-order chi connectivity index (χ0) is 9.14. The van der Waals surface area contributed by atoms with E-state index in [2.05, 4.69) is 15.9 Å². The van der Waals surface area contributed by atoms with E-state index >= 15 is 0 Å². The lowest BCUT2D eigenvalue weighted by Gasteiger charge is -2.08. The Morgan fingerprint density at radius 3 is 2.75 bits per heavy atom. The van der Waals surface area contributed by atoms with E-state index in [9.17, 15) is 4.39 Å². The Hall–Kier alpha value is -0.410. The molecule has 0 bridgehead atoms. The van der Waals surface area contributed by atoms with Crippen LogP contribution in [0.5, 0.6) is 0 Å². The van der Waals surface area contributed by atoms with Crippen molar-refractivity contribution in [2.75, 3.05) is 0 Å². The molecule has 0 aromatic heterocycles. The molecule has 0 heterocycles. The fourth-order valence-electron chi connectivity index (χ4n) is 0.979. The molecule has 0 radical (unpaired) electrons. The van der Waals surface area contributed by atoms with E-state index in [1.165, 1.54) is 6.07 Å². The second-order valence-electron chi connectivity index (χ2n) is 2.69. The molecule has 0 amide bonds. The van der Waals surface area contributed by atoms with Crippen molar-refractivity contribution >= 4 is 15.9 Å². The molecule has 0 unspecified atom stereocenters. The summed E-state index contributed by atoms with van der Waals surface area (Å²) in [7, 11) is 0. The van der Waals surface area contributed by atoms with E-state index in [-0.39, 0.29) is 11.9 Å². The van der Waals surface area contributed by atoms with Gasteiger partial charge < -0.3 is 5.73 Å². The van der Waals surface area contributed by atoms with Gasteiger partial charge in [0.15, 0.2) is 0 Å². The monoisotopic (exact) mass is 231 g/mol. The first-order valence-corrected chi connectivity index (χ1v) is 4.65. The molecule has 3 heteroatoms. The van der Waals surface area contributed by atoms with Crippen molar-refractivity contribution in [3.63, 3.8) is 0 Å². The molecule has 0 aliphatic heterocycles. The third-order valence-corrected chi connectivity index (χ3v) is 2.45. The Morgan fingerprint density at radius 2 is 2.25 bits per heavy atom. The lowest BCUT2D eigenvalue weighted by Crippen LogP contribution is -2.08. The third kappa shape index (κ3) is 2.05. The first kappa shape index (κ1) is 9.68. The molecule has 2 N–H and O–H groups in total. The maximum absolute atomic E-state index is 13.0. The lowest BCUT2D eigenvalue weighted by molar-refractivity contribution is 0.610. The molecule has 0 spiro atoms. The average molecular weight is 232 g/mol. The number of benzene rings is 1. The fraction of sp³-hybridized carbons (Fsp3) is 0.333. The van der Waals surface area contributed by atoms with Gasteiger partial charge in [0.25, 0.3) is 0 Å². The van der Waals surface area contributed by atoms with Gasteiger partial charge in [-0.2, -0.15) is 0 Å². The van der Waals surface area contributed by atoms with E-state index in [1.54, 1.807) is 6.07 Å². The molecule has 1 nitrogen and oxygen atoms in total. The molecule has 1 aromatic rings. The van der Waals surface area contributed by atoms with E-state index in [4.69, 9.17) is 5.73 Å². The second-order valence-corrected chi connectivity index (χ2v) is 3.54. The van der Waals surface area contributed by atoms with Crippen LogP contribution < -0.4 is 5.73 Å². The first-order valence-electron chi connectivity index (χ1n) is 3.85. The van der Waals surface area contributed by atoms with Gasteiger partial charge in [0.1, 0.15) is 5.82 Å². The summed E-state index contributed by atoms with van der Waals surface area (Å²) in [5.41, 5.74) is 6.58. The summed E-state index contributed by atoms with van der Waals surface area (Å²) in [6.07, 6.45) is 0.821. The van der Waals surface area contributed by atoms with Crippen molar-refractivity contribution in [1.82, 2.24) is 0 Å². The van der Waals surface area contributed by atoms with Crippen molar-refractivity contribution in [3.8, 4) is 0 Å². The predicted molar refractivity (Wildman–Crippen MR) is 51.3 cm³/mol. The molecule has 0 aliphatic carbocycles. The fourth-order valence-corrected chi connectivity index (χ4v) is 1.23. The minimum atomic E-state index is -0.253. The van der Waals surface area contributed by atoms with Crippen LogP contribution in [-0.2, 0) is 0 Å². The highest BCUT2D eigenvalue weighted by molar-refractivity contribution is 9.10. The van der Waals surface area contributed by atoms with E-state index in [0.717, 1.165) is 12.0 Å². The SMILES string of the molecule is CC[C@@H](N)c1ccc(Br)c(F)c1. The van der Waals surface area contributed by atoms with Crippen LogP contribution in [-0.4, -0.2) is 0 Å². The number of nitrogens with two attached hydrogens (primary N) is 1. The van der Waals surface area contributed by atoms with Gasteiger partial charge in [-0.05, 0) is 40.0 Å². The lowest BCUT2D eigenvalue weighted by atomic mass is 10.1. The summed E-state index contributed by atoms with van der Waals surface area (Å²) >= 11 is 3.08. The summed E-state index contributed by atoms with van der Waals surface area (Å²) < 4.78 is 13.5. The molecular weight excluding hydrogens is 221 g/mol. The minimum Gasteiger partial charge on any atom is -0.324 e. The zero-order valence-corrected chi connectivity index (χ0v) is 8.44. The van der Waals surface area contributed by atoms with Gasteiger partial charge in [0, 0.05) is 6.04 Å². The van der Waals surface area contributed by atoms with Crippen LogP contribution in [0, 0.1) is 5.82 Å². The topological polar surface area (TPSA) is 26.0 Å². The minimum absolute atomic E-state index is 0.0624. The molecule has 0 saturated carbocycles. The molecule has 0 saturated heterocycles. The van der Waals surface area contributed by atoms with Crippen molar-refractivity contribution in [3.05, 3.63) is 34.1 Å². The van der Waals surface area contributed by atoms with Gasteiger partial charge in [-0.25, -0.2) is 4.39 Å².